The van der Waals surface area contributed by atoms with Gasteiger partial charge in [-0.05, 0) is 36.4 Å². The maximum atomic E-state index is 4.62. The molecule has 0 radical (unpaired) electrons. The summed E-state index contributed by atoms with van der Waals surface area (Å²) in [5.41, 5.74) is 1.15. The SMILES string of the molecule is CNc1cccc(CN(Cc2cccs2)C2CC2)n1. The maximum absolute atomic E-state index is 4.62. The van der Waals surface area contributed by atoms with Crippen LogP contribution in [0.15, 0.2) is 35.7 Å². The lowest BCUT2D eigenvalue weighted by atomic mass is 10.3. The van der Waals surface area contributed by atoms with Crippen LogP contribution in [-0.4, -0.2) is 23.0 Å². The van der Waals surface area contributed by atoms with Crippen LogP contribution < -0.4 is 5.32 Å². The molecule has 0 atom stereocenters. The third-order valence-corrected chi connectivity index (χ3v) is 4.29. The number of anilines is 1. The van der Waals surface area contributed by atoms with Gasteiger partial charge in [0.05, 0.1) is 5.69 Å². The van der Waals surface area contributed by atoms with E-state index < -0.39 is 0 Å². The lowest BCUT2D eigenvalue weighted by molar-refractivity contribution is 0.245. The van der Waals surface area contributed by atoms with E-state index in [4.69, 9.17) is 0 Å². The van der Waals surface area contributed by atoms with E-state index in [0.29, 0.717) is 0 Å². The van der Waals surface area contributed by atoms with Crippen molar-refractivity contribution in [3.05, 3.63) is 46.3 Å². The van der Waals surface area contributed by atoms with Gasteiger partial charge in [-0.25, -0.2) is 4.98 Å². The standard InChI is InChI=1S/C15H19N3S/c1-16-15-6-2-4-12(17-15)10-18(13-7-8-13)11-14-5-3-9-19-14/h2-6,9,13H,7-8,10-11H2,1H3,(H,16,17). The van der Waals surface area contributed by atoms with Crippen LogP contribution in [0.25, 0.3) is 0 Å². The van der Waals surface area contributed by atoms with Crippen LogP contribution in [0, 0.1) is 0 Å². The van der Waals surface area contributed by atoms with Crippen LogP contribution in [0.3, 0.4) is 0 Å². The second-order valence-electron chi connectivity index (χ2n) is 4.98. The molecular weight excluding hydrogens is 254 g/mol. The zero-order valence-corrected chi connectivity index (χ0v) is 12.0. The van der Waals surface area contributed by atoms with Gasteiger partial charge < -0.3 is 5.32 Å². The molecule has 0 unspecified atom stereocenters. The summed E-state index contributed by atoms with van der Waals surface area (Å²) in [5, 5.41) is 5.26. The minimum Gasteiger partial charge on any atom is -0.373 e. The zero-order valence-electron chi connectivity index (χ0n) is 11.2. The van der Waals surface area contributed by atoms with Crippen LogP contribution in [-0.2, 0) is 13.1 Å². The van der Waals surface area contributed by atoms with Gasteiger partial charge in [0.1, 0.15) is 5.82 Å². The fourth-order valence-electron chi connectivity index (χ4n) is 2.27. The van der Waals surface area contributed by atoms with Gasteiger partial charge in [-0.3, -0.25) is 4.90 Å². The molecule has 3 rings (SSSR count). The van der Waals surface area contributed by atoms with Crippen molar-refractivity contribution in [1.82, 2.24) is 9.88 Å². The molecule has 2 aromatic heterocycles. The minimum atomic E-state index is 0.752. The van der Waals surface area contributed by atoms with Gasteiger partial charge >= 0.3 is 0 Å². The Morgan fingerprint density at radius 2 is 2.16 bits per heavy atom. The summed E-state index contributed by atoms with van der Waals surface area (Å²) in [5.74, 6) is 0.948. The maximum Gasteiger partial charge on any atom is 0.126 e. The van der Waals surface area contributed by atoms with Crippen LogP contribution in [0.1, 0.15) is 23.4 Å². The van der Waals surface area contributed by atoms with Crippen LogP contribution in [0.5, 0.6) is 0 Å². The van der Waals surface area contributed by atoms with Gasteiger partial charge in [0.15, 0.2) is 0 Å². The molecule has 1 fully saturated rings. The number of nitrogens with zero attached hydrogens (tertiary/aromatic N) is 2. The number of rotatable bonds is 6. The Morgan fingerprint density at radius 3 is 2.84 bits per heavy atom. The first-order valence-electron chi connectivity index (χ1n) is 6.75. The van der Waals surface area contributed by atoms with Crippen LogP contribution in [0.4, 0.5) is 5.82 Å². The van der Waals surface area contributed by atoms with Crippen molar-refractivity contribution in [2.75, 3.05) is 12.4 Å². The number of pyridine rings is 1. The van der Waals surface area contributed by atoms with Gasteiger partial charge in [0.25, 0.3) is 0 Å². The van der Waals surface area contributed by atoms with Crippen molar-refractivity contribution in [2.45, 2.75) is 32.0 Å². The Morgan fingerprint density at radius 1 is 1.26 bits per heavy atom. The summed E-state index contributed by atoms with van der Waals surface area (Å²) in [6, 6.07) is 11.3. The molecule has 1 N–H and O–H groups in total. The molecule has 0 aromatic carbocycles. The average Bonchev–Trinajstić information content (AvgIpc) is 3.17. The Labute approximate surface area is 118 Å². The van der Waals surface area contributed by atoms with Gasteiger partial charge in [-0.15, -0.1) is 11.3 Å². The highest BCUT2D eigenvalue weighted by Crippen LogP contribution is 2.30. The summed E-state index contributed by atoms with van der Waals surface area (Å²) in [6.07, 6.45) is 2.66. The van der Waals surface area contributed by atoms with E-state index in [1.807, 2.05) is 24.5 Å². The van der Waals surface area contributed by atoms with E-state index in [9.17, 15) is 0 Å². The molecule has 0 aliphatic heterocycles. The normalized spacial score (nSPS) is 14.8. The smallest absolute Gasteiger partial charge is 0.126 e. The predicted octanol–water partition coefficient (Wildman–Crippen LogP) is 3.35. The third-order valence-electron chi connectivity index (χ3n) is 3.43. The second-order valence-corrected chi connectivity index (χ2v) is 6.01. The van der Waals surface area contributed by atoms with E-state index in [-0.39, 0.29) is 0 Å². The number of hydrogen-bond acceptors (Lipinski definition) is 4. The van der Waals surface area contributed by atoms with E-state index in [2.05, 4.69) is 44.8 Å². The molecule has 3 nitrogen and oxygen atoms in total. The molecule has 1 aliphatic rings. The Hall–Kier alpha value is -1.39. The lowest BCUT2D eigenvalue weighted by Crippen LogP contribution is -2.25. The van der Waals surface area contributed by atoms with Crippen molar-refractivity contribution in [1.29, 1.82) is 0 Å². The highest BCUT2D eigenvalue weighted by atomic mass is 32.1. The predicted molar refractivity (Wildman–Crippen MR) is 80.4 cm³/mol. The molecule has 0 amide bonds. The van der Waals surface area contributed by atoms with E-state index in [0.717, 1.165) is 30.6 Å². The number of hydrogen-bond donors (Lipinski definition) is 1. The molecule has 4 heteroatoms. The van der Waals surface area contributed by atoms with E-state index in [1.165, 1.54) is 17.7 Å². The molecule has 0 spiro atoms. The first kappa shape index (κ1) is 12.6. The minimum absolute atomic E-state index is 0.752. The molecular formula is C15H19N3S. The highest BCUT2D eigenvalue weighted by Gasteiger charge is 2.29. The zero-order chi connectivity index (χ0) is 13.1. The van der Waals surface area contributed by atoms with Crippen molar-refractivity contribution < 1.29 is 0 Å². The topological polar surface area (TPSA) is 28.2 Å². The van der Waals surface area contributed by atoms with E-state index >= 15 is 0 Å². The van der Waals surface area contributed by atoms with Gasteiger partial charge in [0, 0.05) is 31.1 Å². The Bertz CT molecular complexity index is 520. The fourth-order valence-corrected chi connectivity index (χ4v) is 3.00. The summed E-state index contributed by atoms with van der Waals surface area (Å²) < 4.78 is 0. The first-order chi connectivity index (χ1) is 9.35. The summed E-state index contributed by atoms with van der Waals surface area (Å²) in [7, 11) is 1.91. The molecule has 19 heavy (non-hydrogen) atoms. The van der Waals surface area contributed by atoms with Crippen molar-refractivity contribution in [3.63, 3.8) is 0 Å². The van der Waals surface area contributed by atoms with E-state index in [1.54, 1.807) is 0 Å². The molecule has 2 aromatic rings. The first-order valence-corrected chi connectivity index (χ1v) is 7.63. The fraction of sp³-hybridized carbons (Fsp3) is 0.400. The average molecular weight is 273 g/mol. The molecule has 1 aliphatic carbocycles. The molecule has 0 bridgehead atoms. The monoisotopic (exact) mass is 273 g/mol. The number of nitrogens with one attached hydrogen (secondary N) is 1. The quantitative estimate of drug-likeness (QED) is 0.875. The third kappa shape index (κ3) is 3.33. The van der Waals surface area contributed by atoms with Crippen LogP contribution in [0.2, 0.25) is 0 Å². The van der Waals surface area contributed by atoms with Crippen molar-refractivity contribution in [2.24, 2.45) is 0 Å². The highest BCUT2D eigenvalue weighted by molar-refractivity contribution is 7.09. The molecule has 100 valence electrons. The number of thiophene rings is 1. The summed E-state index contributed by atoms with van der Waals surface area (Å²) in [4.78, 5) is 8.61. The summed E-state index contributed by atoms with van der Waals surface area (Å²) in [6.45, 7) is 1.99. The molecule has 1 saturated carbocycles. The molecule has 0 saturated heterocycles. The largest absolute Gasteiger partial charge is 0.373 e. The lowest BCUT2D eigenvalue weighted by Gasteiger charge is -2.21. The Balaban J connectivity index is 1.70. The number of aromatic nitrogens is 1. The Kier molecular flexibility index (Phi) is 3.80. The second kappa shape index (κ2) is 5.72. The van der Waals surface area contributed by atoms with Gasteiger partial charge in [-0.2, -0.15) is 0 Å². The van der Waals surface area contributed by atoms with Crippen molar-refractivity contribution in [3.8, 4) is 0 Å². The van der Waals surface area contributed by atoms with Gasteiger partial charge in [-0.1, -0.05) is 12.1 Å². The van der Waals surface area contributed by atoms with Crippen LogP contribution >= 0.6 is 11.3 Å². The van der Waals surface area contributed by atoms with Gasteiger partial charge in [0.2, 0.25) is 0 Å². The molecule has 2 heterocycles. The summed E-state index contributed by atoms with van der Waals surface area (Å²) >= 11 is 1.84. The van der Waals surface area contributed by atoms with Crippen molar-refractivity contribution >= 4 is 17.2 Å².